The Kier molecular flexibility index (Phi) is 6.15. The van der Waals surface area contributed by atoms with Crippen LogP contribution in [0.4, 0.5) is 0 Å². The summed E-state index contributed by atoms with van der Waals surface area (Å²) >= 11 is 0. The summed E-state index contributed by atoms with van der Waals surface area (Å²) in [5, 5.41) is 27.6. The Morgan fingerprint density at radius 1 is 1.55 bits per heavy atom. The molecule has 0 fully saturated rings. The highest BCUT2D eigenvalue weighted by Crippen LogP contribution is 2.37. The van der Waals surface area contributed by atoms with Crippen LogP contribution in [0.15, 0.2) is 11.2 Å². The smallest absolute Gasteiger partial charge is 0.469 e. The third kappa shape index (κ3) is 5.17. The lowest BCUT2D eigenvalue weighted by Gasteiger charge is -2.11. The maximum Gasteiger partial charge on any atom is 0.469 e. The van der Waals surface area contributed by atoms with Crippen LogP contribution in [0.5, 0.6) is 5.75 Å². The van der Waals surface area contributed by atoms with Gasteiger partial charge in [0.05, 0.1) is 18.9 Å². The summed E-state index contributed by atoms with van der Waals surface area (Å²) in [5.74, 6) is -1.70. The van der Waals surface area contributed by atoms with Gasteiger partial charge in [-0.15, -0.1) is 0 Å². The van der Waals surface area contributed by atoms with Crippen LogP contribution in [-0.4, -0.2) is 54.9 Å². The number of hydrogen-bond donors (Lipinski definition) is 5. The highest BCUT2D eigenvalue weighted by Gasteiger charge is 2.18. The van der Waals surface area contributed by atoms with Crippen molar-refractivity contribution in [3.05, 3.63) is 23.0 Å². The lowest BCUT2D eigenvalue weighted by molar-refractivity contribution is -0.139. The Morgan fingerprint density at radius 2 is 2.18 bits per heavy atom. The molecular weight excluding hydrogens is 319 g/mol. The van der Waals surface area contributed by atoms with Gasteiger partial charge in [-0.2, -0.15) is 0 Å². The average Bonchev–Trinajstić information content (AvgIpc) is 2.41. The van der Waals surface area contributed by atoms with Gasteiger partial charge in [0.1, 0.15) is 5.75 Å². The zero-order chi connectivity index (χ0) is 16.9. The van der Waals surface area contributed by atoms with E-state index in [0.717, 1.165) is 6.21 Å². The van der Waals surface area contributed by atoms with Crippen molar-refractivity contribution < 1.29 is 39.0 Å². The number of hydrogen-bond acceptors (Lipinski definition) is 7. The molecule has 1 aromatic rings. The Morgan fingerprint density at radius 3 is 2.68 bits per heavy atom. The molecule has 1 heterocycles. The molecule has 0 radical (unpaired) electrons. The molecule has 0 aliphatic carbocycles. The minimum absolute atomic E-state index is 0.000602. The van der Waals surface area contributed by atoms with Gasteiger partial charge in [-0.3, -0.25) is 14.5 Å². The number of aryl methyl sites for hydroxylation is 1. The summed E-state index contributed by atoms with van der Waals surface area (Å²) in [6.45, 7) is 0.162. The van der Waals surface area contributed by atoms with Crippen molar-refractivity contribution in [1.29, 1.82) is 0 Å². The first-order valence-electron chi connectivity index (χ1n) is 5.90. The summed E-state index contributed by atoms with van der Waals surface area (Å²) in [6.07, 6.45) is 2.19. The van der Waals surface area contributed by atoms with Crippen LogP contribution < -0.4 is 0 Å². The van der Waals surface area contributed by atoms with E-state index in [0.29, 0.717) is 0 Å². The largest absolute Gasteiger partial charge is 0.505 e. The number of nitrogens with zero attached hydrogens (tertiary/aromatic N) is 2. The molecule has 0 bridgehead atoms. The third-order valence-corrected chi connectivity index (χ3v) is 3.05. The molecule has 0 saturated heterocycles. The van der Waals surface area contributed by atoms with Crippen molar-refractivity contribution in [3.63, 3.8) is 0 Å². The number of aromatic nitrogens is 1. The van der Waals surface area contributed by atoms with Crippen molar-refractivity contribution in [1.82, 2.24) is 4.98 Å². The molecule has 11 heteroatoms. The van der Waals surface area contributed by atoms with Crippen LogP contribution in [0, 0.1) is 6.92 Å². The standard InChI is InChI=1S/C11H15N2O8P/c1-6-10(15)8(3-13-9(4-14)11(16)17)7(2-12-6)5-21-22(18,19)20/h2-3,9,14-15H,4-5H2,1H3,(H,16,17)(H2,18,19,20)/t9-/m0/s1. The van der Waals surface area contributed by atoms with E-state index in [2.05, 4.69) is 14.5 Å². The summed E-state index contributed by atoms with van der Waals surface area (Å²) in [7, 11) is -4.73. The predicted molar refractivity (Wildman–Crippen MR) is 73.6 cm³/mol. The molecule has 122 valence electrons. The molecule has 1 atom stereocenters. The molecule has 5 N–H and O–H groups in total. The van der Waals surface area contributed by atoms with Crippen LogP contribution in [0.1, 0.15) is 16.8 Å². The molecule has 0 aliphatic rings. The van der Waals surface area contributed by atoms with E-state index in [1.165, 1.54) is 13.1 Å². The molecule has 0 amide bonds. The van der Waals surface area contributed by atoms with Crippen LogP contribution in [0.2, 0.25) is 0 Å². The molecule has 0 aliphatic heterocycles. The zero-order valence-corrected chi connectivity index (χ0v) is 12.3. The molecule has 0 unspecified atom stereocenters. The summed E-state index contributed by atoms with van der Waals surface area (Å²) < 4.78 is 15.0. The Labute approximate surface area is 125 Å². The van der Waals surface area contributed by atoms with Gasteiger partial charge < -0.3 is 25.1 Å². The number of pyridine rings is 1. The molecule has 22 heavy (non-hydrogen) atoms. The number of aliphatic hydroxyl groups is 1. The van der Waals surface area contributed by atoms with E-state index in [1.807, 2.05) is 0 Å². The molecule has 0 aromatic carbocycles. The number of carboxylic acid groups (broad SMARTS) is 1. The van der Waals surface area contributed by atoms with Gasteiger partial charge in [0, 0.05) is 23.5 Å². The number of aliphatic carboxylic acids is 1. The minimum atomic E-state index is -4.73. The highest BCUT2D eigenvalue weighted by atomic mass is 31.2. The Balaban J connectivity index is 3.14. The number of carboxylic acids is 1. The first-order valence-corrected chi connectivity index (χ1v) is 7.43. The van der Waals surface area contributed by atoms with E-state index in [-0.39, 0.29) is 22.6 Å². The van der Waals surface area contributed by atoms with Crippen molar-refractivity contribution in [2.45, 2.75) is 19.6 Å². The number of phosphoric ester groups is 1. The van der Waals surface area contributed by atoms with E-state index in [4.69, 9.17) is 20.0 Å². The van der Waals surface area contributed by atoms with Crippen molar-refractivity contribution >= 4 is 20.0 Å². The zero-order valence-electron chi connectivity index (χ0n) is 11.4. The number of carbonyl (C=O) groups is 1. The second-order valence-corrected chi connectivity index (χ2v) is 5.45. The Bertz CT molecular complexity index is 627. The first-order chi connectivity index (χ1) is 10.2. The van der Waals surface area contributed by atoms with E-state index >= 15 is 0 Å². The topological polar surface area (TPSA) is 170 Å². The lowest BCUT2D eigenvalue weighted by atomic mass is 10.1. The quantitative estimate of drug-likeness (QED) is 0.328. The minimum Gasteiger partial charge on any atom is -0.505 e. The molecule has 0 saturated carbocycles. The maximum absolute atomic E-state index is 10.8. The molecule has 1 aromatic heterocycles. The highest BCUT2D eigenvalue weighted by molar-refractivity contribution is 7.46. The second kappa shape index (κ2) is 7.43. The van der Waals surface area contributed by atoms with Gasteiger partial charge in [0.2, 0.25) is 0 Å². The van der Waals surface area contributed by atoms with E-state index in [1.54, 1.807) is 0 Å². The third-order valence-electron chi connectivity index (χ3n) is 2.59. The fourth-order valence-corrected chi connectivity index (χ4v) is 1.73. The Hall–Kier alpha value is -1.84. The van der Waals surface area contributed by atoms with Crippen LogP contribution >= 0.6 is 7.82 Å². The molecular formula is C11H15N2O8P. The van der Waals surface area contributed by atoms with Gasteiger partial charge in [0.15, 0.2) is 6.04 Å². The van der Waals surface area contributed by atoms with E-state index < -0.39 is 33.0 Å². The number of aliphatic imine (C=N–C) groups is 1. The fraction of sp³-hybridized carbons (Fsp3) is 0.364. The summed E-state index contributed by atoms with van der Waals surface area (Å²) in [5.41, 5.74) is 0.301. The van der Waals surface area contributed by atoms with Gasteiger partial charge in [-0.05, 0) is 6.92 Å². The van der Waals surface area contributed by atoms with Gasteiger partial charge in [-0.25, -0.2) is 9.36 Å². The second-order valence-electron chi connectivity index (χ2n) is 4.21. The molecule has 10 nitrogen and oxygen atoms in total. The van der Waals surface area contributed by atoms with Gasteiger partial charge in [0.25, 0.3) is 0 Å². The first kappa shape index (κ1) is 18.2. The fourth-order valence-electron chi connectivity index (χ4n) is 1.42. The average molecular weight is 334 g/mol. The number of rotatable bonds is 7. The van der Waals surface area contributed by atoms with Crippen molar-refractivity contribution in [2.75, 3.05) is 6.61 Å². The maximum atomic E-state index is 10.8. The van der Waals surface area contributed by atoms with Gasteiger partial charge >= 0.3 is 13.8 Å². The SMILES string of the molecule is Cc1ncc(COP(=O)(O)O)c(C=N[C@@H](CO)C(=O)O)c1O. The van der Waals surface area contributed by atoms with Crippen molar-refractivity contribution in [2.24, 2.45) is 4.99 Å². The molecule has 1 rings (SSSR count). The van der Waals surface area contributed by atoms with Gasteiger partial charge in [-0.1, -0.05) is 0 Å². The normalized spacial score (nSPS) is 13.5. The number of aliphatic hydroxyl groups excluding tert-OH is 1. The molecule has 0 spiro atoms. The lowest BCUT2D eigenvalue weighted by Crippen LogP contribution is -2.22. The van der Waals surface area contributed by atoms with Crippen LogP contribution in [0.25, 0.3) is 0 Å². The monoisotopic (exact) mass is 334 g/mol. The van der Waals surface area contributed by atoms with E-state index in [9.17, 15) is 14.5 Å². The number of phosphoric acid groups is 1. The number of aromatic hydroxyl groups is 1. The van der Waals surface area contributed by atoms with Crippen molar-refractivity contribution in [3.8, 4) is 5.75 Å². The summed E-state index contributed by atoms with van der Waals surface area (Å²) in [6, 6.07) is -1.43. The van der Waals surface area contributed by atoms with Crippen LogP contribution in [-0.2, 0) is 20.5 Å². The summed E-state index contributed by atoms with van der Waals surface area (Å²) in [4.78, 5) is 35.6. The predicted octanol–water partition coefficient (Wildman–Crippen LogP) is -0.431. The van der Waals surface area contributed by atoms with Crippen LogP contribution in [0.3, 0.4) is 0 Å².